The third-order valence-corrected chi connectivity index (χ3v) is 3.52. The van der Waals surface area contributed by atoms with Crippen LogP contribution in [0.5, 0.6) is 0 Å². The average Bonchev–Trinajstić information content (AvgIpc) is 2.23. The summed E-state index contributed by atoms with van der Waals surface area (Å²) in [6.45, 7) is 6.94. The molecule has 3 unspecified atom stereocenters. The Morgan fingerprint density at radius 2 is 2.18 bits per heavy atom. The van der Waals surface area contributed by atoms with E-state index < -0.39 is 0 Å². The summed E-state index contributed by atoms with van der Waals surface area (Å²) in [4.78, 5) is 4.50. The van der Waals surface area contributed by atoms with Crippen LogP contribution in [0, 0.1) is 5.41 Å². The predicted molar refractivity (Wildman–Crippen MR) is 69.1 cm³/mol. The summed E-state index contributed by atoms with van der Waals surface area (Å²) >= 11 is 0. The first-order valence-electron chi connectivity index (χ1n) is 6.03. The third kappa shape index (κ3) is 3.33. The Hall–Kier alpha value is -0.810. The number of hydrogen-bond acceptors (Lipinski definition) is 3. The molecule has 0 heterocycles. The molecule has 5 nitrogen and oxygen atoms in total. The van der Waals surface area contributed by atoms with Crippen LogP contribution in [0.4, 0.5) is 0 Å². The largest absolute Gasteiger partial charge is 0.383 e. The van der Waals surface area contributed by atoms with Gasteiger partial charge in [0.15, 0.2) is 5.96 Å². The SMILES string of the molecule is COCC(C)NC(N)=NC1CC(OC)C1(C)C. The lowest BCUT2D eigenvalue weighted by molar-refractivity contribution is -0.0851. The molecule has 3 N–H and O–H groups in total. The Labute approximate surface area is 104 Å². The van der Waals surface area contributed by atoms with Crippen molar-refractivity contribution in [3.8, 4) is 0 Å². The van der Waals surface area contributed by atoms with Gasteiger partial charge in [-0.1, -0.05) is 13.8 Å². The minimum atomic E-state index is 0.0611. The van der Waals surface area contributed by atoms with Gasteiger partial charge in [-0.2, -0.15) is 0 Å². The molecule has 0 radical (unpaired) electrons. The van der Waals surface area contributed by atoms with Crippen LogP contribution in [-0.2, 0) is 9.47 Å². The van der Waals surface area contributed by atoms with Gasteiger partial charge in [0.1, 0.15) is 0 Å². The van der Waals surface area contributed by atoms with Crippen molar-refractivity contribution in [1.82, 2.24) is 5.32 Å². The van der Waals surface area contributed by atoms with Gasteiger partial charge in [-0.25, -0.2) is 4.99 Å². The second-order valence-electron chi connectivity index (χ2n) is 5.31. The quantitative estimate of drug-likeness (QED) is 0.552. The summed E-state index contributed by atoms with van der Waals surface area (Å²) < 4.78 is 10.4. The van der Waals surface area contributed by atoms with E-state index in [2.05, 4.69) is 24.2 Å². The lowest BCUT2D eigenvalue weighted by Crippen LogP contribution is -2.54. The molecule has 0 aromatic carbocycles. The molecule has 0 bridgehead atoms. The summed E-state index contributed by atoms with van der Waals surface area (Å²) in [5.74, 6) is 0.488. The molecule has 17 heavy (non-hydrogen) atoms. The highest BCUT2D eigenvalue weighted by Crippen LogP contribution is 2.44. The number of hydrogen-bond donors (Lipinski definition) is 2. The van der Waals surface area contributed by atoms with E-state index in [4.69, 9.17) is 15.2 Å². The highest BCUT2D eigenvalue weighted by Gasteiger charge is 2.48. The van der Waals surface area contributed by atoms with Gasteiger partial charge in [0.05, 0.1) is 18.8 Å². The number of ether oxygens (including phenoxy) is 2. The smallest absolute Gasteiger partial charge is 0.189 e. The zero-order chi connectivity index (χ0) is 13.1. The summed E-state index contributed by atoms with van der Waals surface area (Å²) in [5.41, 5.74) is 5.93. The van der Waals surface area contributed by atoms with Crippen molar-refractivity contribution >= 4 is 5.96 Å². The van der Waals surface area contributed by atoms with Crippen molar-refractivity contribution in [2.75, 3.05) is 20.8 Å². The maximum absolute atomic E-state index is 5.87. The van der Waals surface area contributed by atoms with Gasteiger partial charge in [0, 0.05) is 25.7 Å². The van der Waals surface area contributed by atoms with E-state index in [-0.39, 0.29) is 23.6 Å². The van der Waals surface area contributed by atoms with E-state index in [0.717, 1.165) is 6.42 Å². The fraction of sp³-hybridized carbons (Fsp3) is 0.917. The van der Waals surface area contributed by atoms with Gasteiger partial charge in [-0.3, -0.25) is 0 Å². The first-order chi connectivity index (χ1) is 7.91. The van der Waals surface area contributed by atoms with E-state index in [1.807, 2.05) is 6.92 Å². The summed E-state index contributed by atoms with van der Waals surface area (Å²) in [6.07, 6.45) is 1.21. The molecule has 0 aromatic heterocycles. The van der Waals surface area contributed by atoms with Crippen LogP contribution in [0.1, 0.15) is 27.2 Å². The van der Waals surface area contributed by atoms with Crippen LogP contribution < -0.4 is 11.1 Å². The molecule has 1 aliphatic rings. The van der Waals surface area contributed by atoms with Gasteiger partial charge in [0.2, 0.25) is 0 Å². The minimum absolute atomic E-state index is 0.0611. The number of rotatable bonds is 5. The van der Waals surface area contributed by atoms with E-state index in [1.54, 1.807) is 14.2 Å². The average molecular weight is 243 g/mol. The van der Waals surface area contributed by atoms with E-state index >= 15 is 0 Å². The second kappa shape index (κ2) is 5.69. The normalized spacial score (nSPS) is 29.6. The lowest BCUT2D eigenvalue weighted by Gasteiger charge is -2.49. The van der Waals surface area contributed by atoms with E-state index in [0.29, 0.717) is 12.6 Å². The molecule has 0 spiro atoms. The first kappa shape index (κ1) is 14.3. The molecular weight excluding hydrogens is 218 g/mol. The molecule has 0 aromatic rings. The van der Waals surface area contributed by atoms with Gasteiger partial charge in [-0.05, 0) is 13.3 Å². The van der Waals surface area contributed by atoms with Crippen LogP contribution in [0.15, 0.2) is 4.99 Å². The van der Waals surface area contributed by atoms with Gasteiger partial charge >= 0.3 is 0 Å². The predicted octanol–water partition coefficient (Wildman–Crippen LogP) is 0.739. The fourth-order valence-corrected chi connectivity index (χ4v) is 2.23. The van der Waals surface area contributed by atoms with Crippen molar-refractivity contribution in [3.63, 3.8) is 0 Å². The summed E-state index contributed by atoms with van der Waals surface area (Å²) in [7, 11) is 3.42. The van der Waals surface area contributed by atoms with Crippen molar-refractivity contribution < 1.29 is 9.47 Å². The zero-order valence-corrected chi connectivity index (χ0v) is 11.5. The summed E-state index contributed by atoms with van der Waals surface area (Å²) in [5, 5.41) is 3.11. The summed E-state index contributed by atoms with van der Waals surface area (Å²) in [6, 6.07) is 0.403. The molecule has 1 saturated carbocycles. The molecule has 3 atom stereocenters. The monoisotopic (exact) mass is 243 g/mol. The Morgan fingerprint density at radius 3 is 2.65 bits per heavy atom. The molecule has 5 heteroatoms. The number of nitrogens with two attached hydrogens (primary N) is 1. The lowest BCUT2D eigenvalue weighted by atomic mass is 9.65. The third-order valence-electron chi connectivity index (χ3n) is 3.52. The Bertz CT molecular complexity index is 279. The molecule has 100 valence electrons. The Morgan fingerprint density at radius 1 is 1.53 bits per heavy atom. The highest BCUT2D eigenvalue weighted by atomic mass is 16.5. The Kier molecular flexibility index (Phi) is 4.77. The van der Waals surface area contributed by atoms with Crippen molar-refractivity contribution in [2.24, 2.45) is 16.1 Å². The molecule has 0 saturated heterocycles. The minimum Gasteiger partial charge on any atom is -0.383 e. The van der Waals surface area contributed by atoms with Crippen LogP contribution in [0.3, 0.4) is 0 Å². The van der Waals surface area contributed by atoms with Gasteiger partial charge in [0.25, 0.3) is 0 Å². The van der Waals surface area contributed by atoms with Crippen molar-refractivity contribution in [2.45, 2.75) is 45.4 Å². The molecule has 0 aliphatic heterocycles. The number of aliphatic imine (C=N–C) groups is 1. The van der Waals surface area contributed by atoms with Crippen molar-refractivity contribution in [1.29, 1.82) is 0 Å². The van der Waals surface area contributed by atoms with E-state index in [1.165, 1.54) is 0 Å². The molecule has 0 amide bonds. The van der Waals surface area contributed by atoms with Crippen molar-refractivity contribution in [3.05, 3.63) is 0 Å². The van der Waals surface area contributed by atoms with Gasteiger partial charge < -0.3 is 20.5 Å². The van der Waals surface area contributed by atoms with Crippen LogP contribution >= 0.6 is 0 Å². The van der Waals surface area contributed by atoms with Gasteiger partial charge in [-0.15, -0.1) is 0 Å². The highest BCUT2D eigenvalue weighted by molar-refractivity contribution is 5.78. The number of nitrogens with zero attached hydrogens (tertiary/aromatic N) is 1. The zero-order valence-electron chi connectivity index (χ0n) is 11.5. The Balaban J connectivity index is 2.48. The molecule has 1 aliphatic carbocycles. The molecule has 1 fully saturated rings. The topological polar surface area (TPSA) is 68.9 Å². The number of nitrogens with one attached hydrogen (secondary N) is 1. The first-order valence-corrected chi connectivity index (χ1v) is 6.03. The number of guanidine groups is 1. The van der Waals surface area contributed by atoms with E-state index in [9.17, 15) is 0 Å². The molecule has 1 rings (SSSR count). The number of methoxy groups -OCH3 is 2. The standard InChI is InChI=1S/C12H25N3O2/c1-8(7-16-4)14-11(13)15-9-6-10(17-5)12(9,2)3/h8-10H,6-7H2,1-5H3,(H3,13,14,15). The maximum atomic E-state index is 5.87. The van der Waals surface area contributed by atoms with Crippen LogP contribution in [0.2, 0.25) is 0 Å². The fourth-order valence-electron chi connectivity index (χ4n) is 2.23. The second-order valence-corrected chi connectivity index (χ2v) is 5.31. The van der Waals surface area contributed by atoms with Crippen LogP contribution in [0.25, 0.3) is 0 Å². The maximum Gasteiger partial charge on any atom is 0.189 e. The molecular formula is C12H25N3O2. The van der Waals surface area contributed by atoms with Crippen LogP contribution in [-0.4, -0.2) is 45.0 Å².